The Kier molecular flexibility index (Phi) is 2.71. The van der Waals surface area contributed by atoms with Gasteiger partial charge in [-0.3, -0.25) is 4.79 Å². The third kappa shape index (κ3) is 1.95. The van der Waals surface area contributed by atoms with Crippen LogP contribution in [0.1, 0.15) is 27.2 Å². The largest absolute Gasteiger partial charge is 0.453 e. The van der Waals surface area contributed by atoms with E-state index < -0.39 is 0 Å². The van der Waals surface area contributed by atoms with Crippen LogP contribution in [0.5, 0.6) is 0 Å². The second kappa shape index (κ2) is 4.39. The smallest absolute Gasteiger partial charge is 0.228 e. The van der Waals surface area contributed by atoms with Gasteiger partial charge in [0, 0.05) is 10.9 Å². The fraction of sp³-hybridized carbons (Fsp3) is 0.118. The highest BCUT2D eigenvalue weighted by Gasteiger charge is 2.18. The van der Waals surface area contributed by atoms with Crippen molar-refractivity contribution in [2.75, 3.05) is 0 Å². The molecule has 0 amide bonds. The number of fused-ring (bicyclic) bond motifs is 1. The van der Waals surface area contributed by atoms with Crippen LogP contribution in [0.3, 0.4) is 0 Å². The molecule has 0 aliphatic heterocycles. The minimum absolute atomic E-state index is 0.0493. The Labute approximate surface area is 111 Å². The first-order chi connectivity index (χ1) is 9.16. The van der Waals surface area contributed by atoms with Crippen LogP contribution < -0.4 is 0 Å². The highest BCUT2D eigenvalue weighted by molar-refractivity contribution is 6.10. The first kappa shape index (κ1) is 11.7. The second-order valence-electron chi connectivity index (χ2n) is 4.74. The van der Waals surface area contributed by atoms with Crippen molar-refractivity contribution in [3.8, 4) is 0 Å². The van der Waals surface area contributed by atoms with Crippen LogP contribution in [0.2, 0.25) is 0 Å². The van der Waals surface area contributed by atoms with Crippen molar-refractivity contribution in [3.05, 3.63) is 71.0 Å². The molecule has 0 unspecified atom stereocenters. The van der Waals surface area contributed by atoms with Gasteiger partial charge in [0.2, 0.25) is 5.78 Å². The maximum absolute atomic E-state index is 12.6. The quantitative estimate of drug-likeness (QED) is 0.635. The molecule has 0 atom stereocenters. The Balaban J connectivity index is 2.13. The van der Waals surface area contributed by atoms with Gasteiger partial charge in [0.25, 0.3) is 0 Å². The molecule has 0 bridgehead atoms. The first-order valence-electron chi connectivity index (χ1n) is 6.26. The number of ketones is 1. The van der Waals surface area contributed by atoms with Crippen LogP contribution in [-0.4, -0.2) is 5.78 Å². The van der Waals surface area contributed by atoms with Crippen molar-refractivity contribution in [2.45, 2.75) is 13.8 Å². The van der Waals surface area contributed by atoms with Crippen molar-refractivity contribution in [3.63, 3.8) is 0 Å². The maximum Gasteiger partial charge on any atom is 0.228 e. The zero-order valence-electron chi connectivity index (χ0n) is 10.9. The molecule has 2 heteroatoms. The molecular formula is C17H14O2. The molecule has 94 valence electrons. The second-order valence-corrected chi connectivity index (χ2v) is 4.74. The molecule has 0 aliphatic rings. The Morgan fingerprint density at radius 3 is 2.32 bits per heavy atom. The molecule has 0 spiro atoms. The standard InChI is InChI=1S/C17H14O2/c1-11-6-5-7-12(2)16(11)17(18)15-10-13-8-3-4-9-14(13)19-15/h3-10H,1-2H3. The van der Waals surface area contributed by atoms with Gasteiger partial charge >= 0.3 is 0 Å². The van der Waals surface area contributed by atoms with Gasteiger partial charge in [-0.1, -0.05) is 36.4 Å². The fourth-order valence-electron chi connectivity index (χ4n) is 2.39. The van der Waals surface area contributed by atoms with Crippen molar-refractivity contribution in [2.24, 2.45) is 0 Å². The third-order valence-electron chi connectivity index (χ3n) is 3.36. The monoisotopic (exact) mass is 250 g/mol. The van der Waals surface area contributed by atoms with E-state index in [1.807, 2.05) is 62.4 Å². The van der Waals surface area contributed by atoms with E-state index in [1.54, 1.807) is 0 Å². The van der Waals surface area contributed by atoms with Gasteiger partial charge in [-0.15, -0.1) is 0 Å². The highest BCUT2D eigenvalue weighted by atomic mass is 16.3. The molecule has 0 radical (unpaired) electrons. The van der Waals surface area contributed by atoms with Crippen molar-refractivity contribution in [1.82, 2.24) is 0 Å². The third-order valence-corrected chi connectivity index (χ3v) is 3.36. The van der Waals surface area contributed by atoms with E-state index in [-0.39, 0.29) is 5.78 Å². The molecule has 0 aliphatic carbocycles. The summed E-state index contributed by atoms with van der Waals surface area (Å²) in [6, 6.07) is 15.3. The summed E-state index contributed by atoms with van der Waals surface area (Å²) in [7, 11) is 0. The summed E-state index contributed by atoms with van der Waals surface area (Å²) in [4.78, 5) is 12.6. The van der Waals surface area contributed by atoms with Gasteiger partial charge in [0.15, 0.2) is 5.76 Å². The number of benzene rings is 2. The number of aryl methyl sites for hydroxylation is 2. The van der Waals surface area contributed by atoms with Gasteiger partial charge < -0.3 is 4.42 Å². The fourth-order valence-corrected chi connectivity index (χ4v) is 2.39. The topological polar surface area (TPSA) is 30.2 Å². The average molecular weight is 250 g/mol. The summed E-state index contributed by atoms with van der Waals surface area (Å²) in [5.74, 6) is 0.352. The predicted molar refractivity (Wildman–Crippen MR) is 75.6 cm³/mol. The van der Waals surface area contributed by atoms with Gasteiger partial charge in [-0.05, 0) is 37.1 Å². The molecule has 1 aromatic heterocycles. The molecule has 2 nitrogen and oxygen atoms in total. The lowest BCUT2D eigenvalue weighted by Gasteiger charge is -2.06. The number of hydrogen-bond donors (Lipinski definition) is 0. The van der Waals surface area contributed by atoms with Crippen molar-refractivity contribution < 1.29 is 9.21 Å². The zero-order valence-corrected chi connectivity index (χ0v) is 10.9. The van der Waals surface area contributed by atoms with Crippen LogP contribution >= 0.6 is 0 Å². The van der Waals surface area contributed by atoms with Crippen LogP contribution in [0.25, 0.3) is 11.0 Å². The molecule has 2 aromatic carbocycles. The zero-order chi connectivity index (χ0) is 13.4. The summed E-state index contributed by atoms with van der Waals surface area (Å²) in [5.41, 5.74) is 3.44. The van der Waals surface area contributed by atoms with Crippen LogP contribution in [0.4, 0.5) is 0 Å². The number of para-hydroxylation sites is 1. The molecular weight excluding hydrogens is 236 g/mol. The molecule has 3 rings (SSSR count). The van der Waals surface area contributed by atoms with Gasteiger partial charge in [-0.25, -0.2) is 0 Å². The molecule has 19 heavy (non-hydrogen) atoms. The number of carbonyl (C=O) groups excluding carboxylic acids is 1. The van der Waals surface area contributed by atoms with Crippen LogP contribution in [-0.2, 0) is 0 Å². The van der Waals surface area contributed by atoms with Gasteiger partial charge in [0.1, 0.15) is 5.58 Å². The Bertz CT molecular complexity index is 713. The molecule has 0 saturated heterocycles. The van der Waals surface area contributed by atoms with E-state index in [1.165, 1.54) is 0 Å². The Morgan fingerprint density at radius 2 is 1.63 bits per heavy atom. The highest BCUT2D eigenvalue weighted by Crippen LogP contribution is 2.23. The average Bonchev–Trinajstić information content (AvgIpc) is 2.82. The summed E-state index contributed by atoms with van der Waals surface area (Å²) < 4.78 is 5.64. The van der Waals surface area contributed by atoms with E-state index in [9.17, 15) is 4.79 Å². The van der Waals surface area contributed by atoms with Crippen molar-refractivity contribution >= 4 is 16.8 Å². The lowest BCUT2D eigenvalue weighted by molar-refractivity contribution is 0.101. The summed E-state index contributed by atoms with van der Waals surface area (Å²) in [5, 5.41) is 0.956. The molecule has 1 heterocycles. The van der Waals surface area contributed by atoms with Crippen LogP contribution in [0, 0.1) is 13.8 Å². The van der Waals surface area contributed by atoms with Crippen molar-refractivity contribution in [1.29, 1.82) is 0 Å². The number of hydrogen-bond acceptors (Lipinski definition) is 2. The summed E-state index contributed by atoms with van der Waals surface area (Å²) >= 11 is 0. The van der Waals surface area contributed by atoms with E-state index in [2.05, 4.69) is 0 Å². The summed E-state index contributed by atoms with van der Waals surface area (Å²) in [6.07, 6.45) is 0. The minimum Gasteiger partial charge on any atom is -0.453 e. The van der Waals surface area contributed by atoms with E-state index in [4.69, 9.17) is 4.42 Å². The number of furan rings is 1. The Morgan fingerprint density at radius 1 is 0.947 bits per heavy atom. The van der Waals surface area contributed by atoms with E-state index in [0.717, 1.165) is 27.7 Å². The first-order valence-corrected chi connectivity index (χ1v) is 6.26. The lowest BCUT2D eigenvalue weighted by Crippen LogP contribution is -2.04. The summed E-state index contributed by atoms with van der Waals surface area (Å²) in [6.45, 7) is 3.89. The Hall–Kier alpha value is -2.35. The molecule has 0 N–H and O–H groups in total. The lowest BCUT2D eigenvalue weighted by atomic mass is 9.98. The maximum atomic E-state index is 12.6. The normalized spacial score (nSPS) is 10.8. The van der Waals surface area contributed by atoms with Gasteiger partial charge in [-0.2, -0.15) is 0 Å². The van der Waals surface area contributed by atoms with Gasteiger partial charge in [0.05, 0.1) is 0 Å². The van der Waals surface area contributed by atoms with Crippen LogP contribution in [0.15, 0.2) is 52.9 Å². The molecule has 3 aromatic rings. The van der Waals surface area contributed by atoms with E-state index in [0.29, 0.717) is 5.76 Å². The number of rotatable bonds is 2. The minimum atomic E-state index is -0.0493. The SMILES string of the molecule is Cc1cccc(C)c1C(=O)c1cc2ccccc2o1. The molecule has 0 saturated carbocycles. The predicted octanol–water partition coefficient (Wildman–Crippen LogP) is 4.28. The molecule has 0 fully saturated rings. The number of carbonyl (C=O) groups is 1. The van der Waals surface area contributed by atoms with E-state index >= 15 is 0 Å².